The Morgan fingerprint density at radius 1 is 1.07 bits per heavy atom. The van der Waals surface area contributed by atoms with Gasteiger partial charge in [-0.3, -0.25) is 4.79 Å². The van der Waals surface area contributed by atoms with Crippen molar-refractivity contribution in [2.75, 3.05) is 16.8 Å². The van der Waals surface area contributed by atoms with E-state index in [4.69, 9.17) is 0 Å². The molecule has 4 rings (SSSR count). The van der Waals surface area contributed by atoms with Crippen molar-refractivity contribution in [2.45, 2.75) is 13.3 Å². The number of aromatic nitrogens is 2. The first-order valence-corrected chi connectivity index (χ1v) is 8.49. The second kappa shape index (κ2) is 6.75. The van der Waals surface area contributed by atoms with Crippen molar-refractivity contribution in [3.63, 3.8) is 0 Å². The standard InChI is InChI=1S/C20H16F2N4O/c1-12-23-16(20(27)26-10-9-13-5-2-3-8-17(13)26)11-18(24-12)25-19-14(21)6-4-7-15(19)22/h2-8,11H,9-10H2,1H3,(H,23,24,25). The molecule has 5 nitrogen and oxygen atoms in total. The Hall–Kier alpha value is -3.35. The molecule has 0 saturated heterocycles. The molecule has 0 atom stereocenters. The van der Waals surface area contributed by atoms with Crippen LogP contribution in [0.15, 0.2) is 48.5 Å². The van der Waals surface area contributed by atoms with E-state index in [0.29, 0.717) is 12.4 Å². The fourth-order valence-corrected chi connectivity index (χ4v) is 3.17. The van der Waals surface area contributed by atoms with E-state index >= 15 is 0 Å². The zero-order valence-electron chi connectivity index (χ0n) is 14.5. The van der Waals surface area contributed by atoms with Gasteiger partial charge in [0.1, 0.15) is 34.7 Å². The Kier molecular flexibility index (Phi) is 4.27. The highest BCUT2D eigenvalue weighted by Crippen LogP contribution is 2.29. The molecule has 1 aliphatic rings. The molecular weight excluding hydrogens is 350 g/mol. The Bertz CT molecular complexity index is 1020. The minimum atomic E-state index is -0.743. The highest BCUT2D eigenvalue weighted by Gasteiger charge is 2.26. The van der Waals surface area contributed by atoms with Crippen LogP contribution in [-0.2, 0) is 6.42 Å². The van der Waals surface area contributed by atoms with E-state index in [1.54, 1.807) is 11.8 Å². The third-order valence-electron chi connectivity index (χ3n) is 4.41. The summed E-state index contributed by atoms with van der Waals surface area (Å²) < 4.78 is 27.8. The average molecular weight is 366 g/mol. The molecule has 0 bridgehead atoms. The van der Waals surface area contributed by atoms with Crippen LogP contribution in [0.25, 0.3) is 0 Å². The van der Waals surface area contributed by atoms with Gasteiger partial charge in [-0.25, -0.2) is 18.7 Å². The van der Waals surface area contributed by atoms with E-state index < -0.39 is 11.6 Å². The minimum absolute atomic E-state index is 0.155. The maximum atomic E-state index is 13.9. The summed E-state index contributed by atoms with van der Waals surface area (Å²) in [5, 5.41) is 2.61. The summed E-state index contributed by atoms with van der Waals surface area (Å²) in [6.07, 6.45) is 0.775. The Labute approximate surface area is 154 Å². The van der Waals surface area contributed by atoms with E-state index in [-0.39, 0.29) is 23.1 Å². The van der Waals surface area contributed by atoms with Crippen molar-refractivity contribution >= 4 is 23.1 Å². The van der Waals surface area contributed by atoms with E-state index in [1.165, 1.54) is 12.1 Å². The quantitative estimate of drug-likeness (QED) is 0.761. The number of nitrogens with one attached hydrogen (secondary N) is 1. The molecule has 0 radical (unpaired) electrons. The molecule has 1 N–H and O–H groups in total. The fraction of sp³-hybridized carbons (Fsp3) is 0.150. The van der Waals surface area contributed by atoms with Gasteiger partial charge in [-0.1, -0.05) is 24.3 Å². The number of carbonyl (C=O) groups excluding carboxylic acids is 1. The minimum Gasteiger partial charge on any atom is -0.335 e. The third-order valence-corrected chi connectivity index (χ3v) is 4.41. The van der Waals surface area contributed by atoms with Crippen LogP contribution in [0.3, 0.4) is 0 Å². The molecule has 1 aromatic heterocycles. The second-order valence-electron chi connectivity index (χ2n) is 6.24. The van der Waals surface area contributed by atoms with Crippen LogP contribution in [0.1, 0.15) is 21.9 Å². The smallest absolute Gasteiger partial charge is 0.277 e. The summed E-state index contributed by atoms with van der Waals surface area (Å²) >= 11 is 0. The number of para-hydroxylation sites is 2. The lowest BCUT2D eigenvalue weighted by Crippen LogP contribution is -2.30. The molecule has 0 fully saturated rings. The van der Waals surface area contributed by atoms with Crippen LogP contribution >= 0.6 is 0 Å². The summed E-state index contributed by atoms with van der Waals surface area (Å²) in [4.78, 5) is 23.0. The average Bonchev–Trinajstić information content (AvgIpc) is 3.08. The molecule has 0 unspecified atom stereocenters. The maximum absolute atomic E-state index is 13.9. The van der Waals surface area contributed by atoms with E-state index in [9.17, 15) is 13.6 Å². The van der Waals surface area contributed by atoms with Gasteiger partial charge in [0.25, 0.3) is 5.91 Å². The number of halogens is 2. The van der Waals surface area contributed by atoms with Crippen LogP contribution in [0.5, 0.6) is 0 Å². The predicted molar refractivity (Wildman–Crippen MR) is 98.2 cm³/mol. The van der Waals surface area contributed by atoms with Gasteiger partial charge >= 0.3 is 0 Å². The van der Waals surface area contributed by atoms with Crippen molar-refractivity contribution < 1.29 is 13.6 Å². The van der Waals surface area contributed by atoms with E-state index in [0.717, 1.165) is 29.8 Å². The van der Waals surface area contributed by atoms with E-state index in [1.807, 2.05) is 24.3 Å². The largest absolute Gasteiger partial charge is 0.335 e. The highest BCUT2D eigenvalue weighted by molar-refractivity contribution is 6.06. The van der Waals surface area contributed by atoms with Gasteiger partial charge in [-0.15, -0.1) is 0 Å². The van der Waals surface area contributed by atoms with Crippen molar-refractivity contribution in [3.05, 3.63) is 77.2 Å². The summed E-state index contributed by atoms with van der Waals surface area (Å²) in [7, 11) is 0. The van der Waals surface area contributed by atoms with Gasteiger partial charge in [0.05, 0.1) is 0 Å². The molecular formula is C20H16F2N4O. The lowest BCUT2D eigenvalue weighted by atomic mass is 10.2. The zero-order chi connectivity index (χ0) is 19.0. The molecule has 136 valence electrons. The maximum Gasteiger partial charge on any atom is 0.277 e. The molecule has 1 amide bonds. The van der Waals surface area contributed by atoms with Gasteiger partial charge in [0.2, 0.25) is 0 Å². The lowest BCUT2D eigenvalue weighted by Gasteiger charge is -2.17. The number of hydrogen-bond acceptors (Lipinski definition) is 4. The zero-order valence-corrected chi connectivity index (χ0v) is 14.5. The van der Waals surface area contributed by atoms with Gasteiger partial charge in [-0.2, -0.15) is 0 Å². The molecule has 27 heavy (non-hydrogen) atoms. The van der Waals surface area contributed by atoms with E-state index in [2.05, 4.69) is 15.3 Å². The van der Waals surface area contributed by atoms with Crippen LogP contribution in [0.4, 0.5) is 26.0 Å². The van der Waals surface area contributed by atoms with Crippen LogP contribution < -0.4 is 10.2 Å². The van der Waals surface area contributed by atoms with Crippen LogP contribution in [-0.4, -0.2) is 22.4 Å². The summed E-state index contributed by atoms with van der Waals surface area (Å²) in [5.74, 6) is -1.28. The molecule has 2 aromatic carbocycles. The molecule has 1 aliphatic heterocycles. The molecule has 0 saturated carbocycles. The molecule has 0 spiro atoms. The number of carbonyl (C=O) groups is 1. The van der Waals surface area contributed by atoms with Crippen molar-refractivity contribution in [1.29, 1.82) is 0 Å². The summed E-state index contributed by atoms with van der Waals surface area (Å²) in [5.41, 5.74) is 1.80. The molecule has 0 aliphatic carbocycles. The first kappa shape index (κ1) is 17.1. The van der Waals surface area contributed by atoms with Crippen molar-refractivity contribution in [3.8, 4) is 0 Å². The van der Waals surface area contributed by atoms with Gasteiger partial charge < -0.3 is 10.2 Å². The Morgan fingerprint density at radius 3 is 2.59 bits per heavy atom. The number of fused-ring (bicyclic) bond motifs is 1. The normalized spacial score (nSPS) is 12.8. The number of benzene rings is 2. The summed E-state index contributed by atoms with van der Waals surface area (Å²) in [6, 6.07) is 12.7. The SMILES string of the molecule is Cc1nc(Nc2c(F)cccc2F)cc(C(=O)N2CCc3ccccc32)n1. The third kappa shape index (κ3) is 3.23. The van der Waals surface area contributed by atoms with Crippen LogP contribution in [0.2, 0.25) is 0 Å². The van der Waals surface area contributed by atoms with Crippen LogP contribution in [0, 0.1) is 18.6 Å². The predicted octanol–water partition coefficient (Wildman–Crippen LogP) is 4.01. The second-order valence-corrected chi connectivity index (χ2v) is 6.24. The Morgan fingerprint density at radius 2 is 1.81 bits per heavy atom. The number of aryl methyl sites for hydroxylation is 1. The van der Waals surface area contributed by atoms with Gasteiger partial charge in [-0.05, 0) is 37.1 Å². The van der Waals surface area contributed by atoms with Crippen molar-refractivity contribution in [1.82, 2.24) is 9.97 Å². The number of anilines is 3. The van der Waals surface area contributed by atoms with Crippen molar-refractivity contribution in [2.24, 2.45) is 0 Å². The number of rotatable bonds is 3. The van der Waals surface area contributed by atoms with Gasteiger partial charge in [0.15, 0.2) is 0 Å². The monoisotopic (exact) mass is 366 g/mol. The topological polar surface area (TPSA) is 58.1 Å². The first-order chi connectivity index (χ1) is 13.0. The molecule has 7 heteroatoms. The summed E-state index contributed by atoms with van der Waals surface area (Å²) in [6.45, 7) is 2.18. The highest BCUT2D eigenvalue weighted by atomic mass is 19.1. The lowest BCUT2D eigenvalue weighted by molar-refractivity contribution is 0.0984. The van der Waals surface area contributed by atoms with Gasteiger partial charge in [0, 0.05) is 18.3 Å². The molecule has 3 aromatic rings. The number of amides is 1. The Balaban J connectivity index is 1.66. The fourth-order valence-electron chi connectivity index (χ4n) is 3.17. The first-order valence-electron chi connectivity index (χ1n) is 8.49. The molecule has 2 heterocycles. The number of hydrogen-bond donors (Lipinski definition) is 1. The number of nitrogens with zero attached hydrogens (tertiary/aromatic N) is 3.